The Morgan fingerprint density at radius 2 is 2.21 bits per heavy atom. The van der Waals surface area contributed by atoms with Crippen LogP contribution in [0.25, 0.3) is 0 Å². The van der Waals surface area contributed by atoms with Crippen molar-refractivity contribution in [3.05, 3.63) is 36.4 Å². The number of amides is 2. The number of phenolic OH excluding ortho intramolecular Hbond substituents is 1. The zero-order chi connectivity index (χ0) is 14.3. The minimum atomic E-state index is -0.543. The predicted octanol–water partition coefficient (Wildman–Crippen LogP) is 1.55. The zero-order valence-electron chi connectivity index (χ0n) is 10.6. The number of carbonyl (C=O) groups excluding carboxylic acids is 2. The van der Waals surface area contributed by atoms with Gasteiger partial charge in [0.25, 0.3) is 0 Å². The predicted molar refractivity (Wildman–Crippen MR) is 71.0 cm³/mol. The SMILES string of the molecule is C=CC(=O)OCCNC(=O)Nc1cc(C)ccc1O. The van der Waals surface area contributed by atoms with Crippen molar-refractivity contribution in [2.75, 3.05) is 18.5 Å². The summed E-state index contributed by atoms with van der Waals surface area (Å²) in [6, 6.07) is 4.38. The van der Waals surface area contributed by atoms with Crippen LogP contribution in [0, 0.1) is 6.92 Å². The van der Waals surface area contributed by atoms with E-state index in [4.69, 9.17) is 0 Å². The quantitative estimate of drug-likeness (QED) is 0.326. The third-order valence-corrected chi connectivity index (χ3v) is 2.20. The molecule has 0 atom stereocenters. The number of carbonyl (C=O) groups is 2. The first-order valence-corrected chi connectivity index (χ1v) is 5.66. The van der Waals surface area contributed by atoms with Crippen LogP contribution >= 0.6 is 0 Å². The summed E-state index contributed by atoms with van der Waals surface area (Å²) in [7, 11) is 0. The summed E-state index contributed by atoms with van der Waals surface area (Å²) in [6.07, 6.45) is 1.05. The van der Waals surface area contributed by atoms with E-state index in [1.807, 2.05) is 6.92 Å². The number of benzene rings is 1. The Morgan fingerprint density at radius 3 is 2.89 bits per heavy atom. The van der Waals surface area contributed by atoms with Gasteiger partial charge < -0.3 is 20.5 Å². The average molecular weight is 264 g/mol. The lowest BCUT2D eigenvalue weighted by atomic mass is 10.2. The van der Waals surface area contributed by atoms with Gasteiger partial charge in [0.1, 0.15) is 12.4 Å². The van der Waals surface area contributed by atoms with Gasteiger partial charge >= 0.3 is 12.0 Å². The molecule has 0 radical (unpaired) electrons. The molecule has 1 aromatic carbocycles. The number of aromatic hydroxyl groups is 1. The van der Waals surface area contributed by atoms with Crippen molar-refractivity contribution in [1.29, 1.82) is 0 Å². The van der Waals surface area contributed by atoms with Crippen LogP contribution in [0.4, 0.5) is 10.5 Å². The Kier molecular flexibility index (Phi) is 5.40. The minimum Gasteiger partial charge on any atom is -0.506 e. The van der Waals surface area contributed by atoms with Crippen LogP contribution in [-0.2, 0) is 9.53 Å². The molecule has 0 aliphatic heterocycles. The molecule has 6 nitrogen and oxygen atoms in total. The number of hydrogen-bond donors (Lipinski definition) is 3. The van der Waals surface area contributed by atoms with Gasteiger partial charge in [-0.1, -0.05) is 12.6 Å². The van der Waals surface area contributed by atoms with Gasteiger partial charge in [-0.2, -0.15) is 0 Å². The second kappa shape index (κ2) is 7.05. The van der Waals surface area contributed by atoms with Gasteiger partial charge in [0.2, 0.25) is 0 Å². The first kappa shape index (κ1) is 14.6. The number of urea groups is 1. The maximum atomic E-state index is 11.5. The summed E-state index contributed by atoms with van der Waals surface area (Å²) in [4.78, 5) is 22.2. The Hall–Kier alpha value is -2.50. The summed E-state index contributed by atoms with van der Waals surface area (Å²) >= 11 is 0. The van der Waals surface area contributed by atoms with E-state index >= 15 is 0 Å². The first-order chi connectivity index (χ1) is 9.02. The van der Waals surface area contributed by atoms with E-state index in [1.165, 1.54) is 6.07 Å². The van der Waals surface area contributed by atoms with E-state index < -0.39 is 12.0 Å². The maximum Gasteiger partial charge on any atom is 0.330 e. The van der Waals surface area contributed by atoms with Crippen LogP contribution in [0.2, 0.25) is 0 Å². The average Bonchev–Trinajstić information content (AvgIpc) is 2.38. The molecular formula is C13H16N2O4. The first-order valence-electron chi connectivity index (χ1n) is 5.66. The molecule has 6 heteroatoms. The number of rotatable bonds is 5. The van der Waals surface area contributed by atoms with Crippen molar-refractivity contribution in [1.82, 2.24) is 5.32 Å². The molecule has 19 heavy (non-hydrogen) atoms. The summed E-state index contributed by atoms with van der Waals surface area (Å²) in [5.41, 5.74) is 1.23. The normalized spacial score (nSPS) is 9.53. The molecule has 0 saturated heterocycles. The molecular weight excluding hydrogens is 248 g/mol. The van der Waals surface area contributed by atoms with E-state index in [0.717, 1.165) is 11.6 Å². The lowest BCUT2D eigenvalue weighted by Gasteiger charge is -2.09. The molecule has 0 saturated carbocycles. The highest BCUT2D eigenvalue weighted by Crippen LogP contribution is 2.23. The highest BCUT2D eigenvalue weighted by Gasteiger charge is 2.06. The molecule has 0 heterocycles. The van der Waals surface area contributed by atoms with Crippen LogP contribution in [0.1, 0.15) is 5.56 Å². The summed E-state index contributed by atoms with van der Waals surface area (Å²) in [5.74, 6) is -0.558. The van der Waals surface area contributed by atoms with E-state index in [-0.39, 0.29) is 18.9 Å². The number of aryl methyl sites for hydroxylation is 1. The van der Waals surface area contributed by atoms with Crippen molar-refractivity contribution in [2.24, 2.45) is 0 Å². The van der Waals surface area contributed by atoms with Crippen LogP contribution in [0.15, 0.2) is 30.9 Å². The summed E-state index contributed by atoms with van der Waals surface area (Å²) < 4.78 is 4.69. The Balaban J connectivity index is 2.37. The fourth-order valence-electron chi connectivity index (χ4n) is 1.29. The van der Waals surface area contributed by atoms with Crippen molar-refractivity contribution in [3.63, 3.8) is 0 Å². The molecule has 0 aromatic heterocycles. The molecule has 0 fully saturated rings. The highest BCUT2D eigenvalue weighted by molar-refractivity contribution is 5.91. The lowest BCUT2D eigenvalue weighted by molar-refractivity contribution is -0.137. The van der Waals surface area contributed by atoms with Crippen LogP contribution in [0.3, 0.4) is 0 Å². The van der Waals surface area contributed by atoms with Gasteiger partial charge in [-0.05, 0) is 24.6 Å². The van der Waals surface area contributed by atoms with Crippen LogP contribution in [-0.4, -0.2) is 30.3 Å². The molecule has 0 spiro atoms. The van der Waals surface area contributed by atoms with E-state index in [0.29, 0.717) is 5.69 Å². The molecule has 0 aliphatic carbocycles. The van der Waals surface area contributed by atoms with Gasteiger partial charge in [0, 0.05) is 6.08 Å². The number of anilines is 1. The number of phenols is 1. The van der Waals surface area contributed by atoms with Crippen molar-refractivity contribution < 1.29 is 19.4 Å². The molecule has 0 aliphatic rings. The maximum absolute atomic E-state index is 11.5. The number of esters is 1. The third kappa shape index (κ3) is 5.12. The largest absolute Gasteiger partial charge is 0.506 e. The molecule has 2 amide bonds. The van der Waals surface area contributed by atoms with Crippen LogP contribution < -0.4 is 10.6 Å². The fourth-order valence-corrected chi connectivity index (χ4v) is 1.29. The number of ether oxygens (including phenoxy) is 1. The smallest absolute Gasteiger partial charge is 0.330 e. The number of nitrogens with one attached hydrogen (secondary N) is 2. The van der Waals surface area contributed by atoms with Gasteiger partial charge in [-0.3, -0.25) is 0 Å². The molecule has 0 bridgehead atoms. The summed E-state index contributed by atoms with van der Waals surface area (Å²) in [6.45, 7) is 5.31. The van der Waals surface area contributed by atoms with Crippen molar-refractivity contribution in [2.45, 2.75) is 6.92 Å². The molecule has 0 unspecified atom stereocenters. The molecule has 1 aromatic rings. The Morgan fingerprint density at radius 1 is 1.47 bits per heavy atom. The topological polar surface area (TPSA) is 87.7 Å². The lowest BCUT2D eigenvalue weighted by Crippen LogP contribution is -2.32. The standard InChI is InChI=1S/C13H16N2O4/c1-3-12(17)19-7-6-14-13(18)15-10-8-9(2)4-5-11(10)16/h3-5,8,16H,1,6-7H2,2H3,(H2,14,15,18). The van der Waals surface area contributed by atoms with Gasteiger partial charge in [0.05, 0.1) is 12.2 Å². The third-order valence-electron chi connectivity index (χ3n) is 2.20. The second-order valence-electron chi connectivity index (χ2n) is 3.77. The van der Waals surface area contributed by atoms with E-state index in [1.54, 1.807) is 12.1 Å². The van der Waals surface area contributed by atoms with E-state index in [9.17, 15) is 14.7 Å². The van der Waals surface area contributed by atoms with Crippen molar-refractivity contribution in [3.8, 4) is 5.75 Å². The second-order valence-corrected chi connectivity index (χ2v) is 3.77. The highest BCUT2D eigenvalue weighted by atomic mass is 16.5. The van der Waals surface area contributed by atoms with E-state index in [2.05, 4.69) is 21.9 Å². The van der Waals surface area contributed by atoms with Gasteiger partial charge in [-0.25, -0.2) is 9.59 Å². The fraction of sp³-hybridized carbons (Fsp3) is 0.231. The summed E-state index contributed by atoms with van der Waals surface area (Å²) in [5, 5.41) is 14.5. The minimum absolute atomic E-state index is 0.0150. The van der Waals surface area contributed by atoms with Crippen LogP contribution in [0.5, 0.6) is 5.75 Å². The zero-order valence-corrected chi connectivity index (χ0v) is 10.6. The van der Waals surface area contributed by atoms with Gasteiger partial charge in [-0.15, -0.1) is 0 Å². The monoisotopic (exact) mass is 264 g/mol. The number of hydrogen-bond acceptors (Lipinski definition) is 4. The Labute approximate surface area is 111 Å². The Bertz CT molecular complexity index is 486. The van der Waals surface area contributed by atoms with Gasteiger partial charge in [0.15, 0.2) is 0 Å². The molecule has 102 valence electrons. The molecule has 1 rings (SSSR count). The molecule has 3 N–H and O–H groups in total. The van der Waals surface area contributed by atoms with Crippen molar-refractivity contribution >= 4 is 17.7 Å².